The van der Waals surface area contributed by atoms with Crippen LogP contribution in [0.5, 0.6) is 0 Å². The van der Waals surface area contributed by atoms with Crippen molar-refractivity contribution in [3.63, 3.8) is 0 Å². The molecule has 0 saturated carbocycles. The van der Waals surface area contributed by atoms with E-state index in [1.54, 1.807) is 12.1 Å². The summed E-state index contributed by atoms with van der Waals surface area (Å²) in [5.41, 5.74) is 8.54. The summed E-state index contributed by atoms with van der Waals surface area (Å²) in [7, 11) is 0. The average molecular weight is 280 g/mol. The molecule has 80 valence electrons. The van der Waals surface area contributed by atoms with Gasteiger partial charge < -0.3 is 5.11 Å². The second kappa shape index (κ2) is 5.81. The standard InChI is InChI=1S/C10H6BrN3O2/c11-8-4-3-7(2-1-5-13-14-12)9(6-8)10(15)16/h3-4,6H,5H2,(H,15,16). The number of azide groups is 1. The zero-order chi connectivity index (χ0) is 12.0. The monoisotopic (exact) mass is 279 g/mol. The molecule has 0 aromatic heterocycles. The molecule has 5 nitrogen and oxygen atoms in total. The third-order valence-corrected chi connectivity index (χ3v) is 2.14. The van der Waals surface area contributed by atoms with Crippen LogP contribution >= 0.6 is 15.9 Å². The third kappa shape index (κ3) is 3.31. The zero-order valence-corrected chi connectivity index (χ0v) is 9.60. The van der Waals surface area contributed by atoms with Crippen LogP contribution in [0.3, 0.4) is 0 Å². The number of rotatable bonds is 2. The van der Waals surface area contributed by atoms with Gasteiger partial charge in [0, 0.05) is 14.9 Å². The predicted octanol–water partition coefficient (Wildman–Crippen LogP) is 2.81. The Morgan fingerprint density at radius 2 is 2.38 bits per heavy atom. The van der Waals surface area contributed by atoms with Crippen molar-refractivity contribution < 1.29 is 9.90 Å². The molecule has 16 heavy (non-hydrogen) atoms. The maximum atomic E-state index is 10.9. The minimum Gasteiger partial charge on any atom is -0.478 e. The van der Waals surface area contributed by atoms with E-state index in [1.165, 1.54) is 6.07 Å². The molecule has 0 bridgehead atoms. The predicted molar refractivity (Wildman–Crippen MR) is 62.0 cm³/mol. The molecular formula is C10H6BrN3O2. The number of benzene rings is 1. The Kier molecular flexibility index (Phi) is 4.40. The quantitative estimate of drug-likeness (QED) is 0.391. The maximum Gasteiger partial charge on any atom is 0.337 e. The van der Waals surface area contributed by atoms with Gasteiger partial charge in [0.25, 0.3) is 0 Å². The number of carboxylic acids is 1. The molecule has 0 atom stereocenters. The number of carbonyl (C=O) groups is 1. The summed E-state index contributed by atoms with van der Waals surface area (Å²) in [5, 5.41) is 12.2. The fourth-order valence-corrected chi connectivity index (χ4v) is 1.37. The molecule has 0 unspecified atom stereocenters. The van der Waals surface area contributed by atoms with E-state index in [0.29, 0.717) is 10.0 Å². The molecule has 1 aromatic carbocycles. The minimum atomic E-state index is -1.05. The van der Waals surface area contributed by atoms with Crippen LogP contribution in [-0.2, 0) is 0 Å². The van der Waals surface area contributed by atoms with Gasteiger partial charge in [0.2, 0.25) is 0 Å². The summed E-state index contributed by atoms with van der Waals surface area (Å²) in [6.07, 6.45) is 0. The molecule has 1 rings (SSSR count). The van der Waals surface area contributed by atoms with Gasteiger partial charge in [-0.15, -0.1) is 0 Å². The first-order chi connectivity index (χ1) is 7.65. The van der Waals surface area contributed by atoms with Crippen molar-refractivity contribution >= 4 is 21.9 Å². The first-order valence-corrected chi connectivity index (χ1v) is 4.97. The summed E-state index contributed by atoms with van der Waals surface area (Å²) in [5.74, 6) is 4.16. The Balaban J connectivity index is 3.06. The molecule has 0 radical (unpaired) electrons. The molecule has 0 spiro atoms. The van der Waals surface area contributed by atoms with E-state index in [1.807, 2.05) is 0 Å². The van der Waals surface area contributed by atoms with Gasteiger partial charge in [-0.3, -0.25) is 0 Å². The number of hydrogen-bond acceptors (Lipinski definition) is 2. The lowest BCUT2D eigenvalue weighted by molar-refractivity contribution is 0.0696. The van der Waals surface area contributed by atoms with E-state index in [-0.39, 0.29) is 12.1 Å². The fourth-order valence-electron chi connectivity index (χ4n) is 1.00. The maximum absolute atomic E-state index is 10.9. The average Bonchev–Trinajstić information content (AvgIpc) is 2.26. The van der Waals surface area contributed by atoms with Crippen LogP contribution < -0.4 is 0 Å². The van der Waals surface area contributed by atoms with Crippen molar-refractivity contribution in [1.29, 1.82) is 0 Å². The van der Waals surface area contributed by atoms with Crippen molar-refractivity contribution in [1.82, 2.24) is 0 Å². The lowest BCUT2D eigenvalue weighted by Crippen LogP contribution is -1.99. The van der Waals surface area contributed by atoms with Crippen molar-refractivity contribution in [2.24, 2.45) is 5.11 Å². The van der Waals surface area contributed by atoms with Crippen LogP contribution in [0.4, 0.5) is 0 Å². The van der Waals surface area contributed by atoms with Gasteiger partial charge in [-0.05, 0) is 23.7 Å². The normalized spacial score (nSPS) is 8.56. The highest BCUT2D eigenvalue weighted by Crippen LogP contribution is 2.16. The second-order valence-electron chi connectivity index (χ2n) is 2.69. The second-order valence-corrected chi connectivity index (χ2v) is 3.60. The Labute approximate surface area is 99.8 Å². The molecule has 0 heterocycles. The molecule has 1 aromatic rings. The van der Waals surface area contributed by atoms with E-state index in [2.05, 4.69) is 37.8 Å². The Morgan fingerprint density at radius 1 is 1.62 bits per heavy atom. The van der Waals surface area contributed by atoms with E-state index >= 15 is 0 Å². The summed E-state index contributed by atoms with van der Waals surface area (Å²) in [4.78, 5) is 13.4. The summed E-state index contributed by atoms with van der Waals surface area (Å²) in [6, 6.07) is 4.76. The molecule has 0 saturated heterocycles. The SMILES string of the molecule is [N-]=[N+]=NCC#Cc1ccc(Br)cc1C(=O)O. The largest absolute Gasteiger partial charge is 0.478 e. The van der Waals surface area contributed by atoms with Crippen molar-refractivity contribution in [3.8, 4) is 11.8 Å². The van der Waals surface area contributed by atoms with E-state index in [9.17, 15) is 4.79 Å². The number of aromatic carboxylic acids is 1. The van der Waals surface area contributed by atoms with Crippen LogP contribution in [0.25, 0.3) is 10.4 Å². The van der Waals surface area contributed by atoms with Gasteiger partial charge in [0.05, 0.1) is 12.1 Å². The topological polar surface area (TPSA) is 86.1 Å². The van der Waals surface area contributed by atoms with Gasteiger partial charge in [-0.25, -0.2) is 4.79 Å². The minimum absolute atomic E-state index is 0.0195. The van der Waals surface area contributed by atoms with Crippen molar-refractivity contribution in [3.05, 3.63) is 44.2 Å². The highest BCUT2D eigenvalue weighted by Gasteiger charge is 2.08. The summed E-state index contributed by atoms with van der Waals surface area (Å²) in [6.45, 7) is 0.0195. The van der Waals surface area contributed by atoms with Gasteiger partial charge in [-0.2, -0.15) is 0 Å². The van der Waals surface area contributed by atoms with Crippen molar-refractivity contribution in [2.45, 2.75) is 0 Å². The van der Waals surface area contributed by atoms with Gasteiger partial charge in [0.1, 0.15) is 0 Å². The first-order valence-electron chi connectivity index (χ1n) is 4.17. The van der Waals surface area contributed by atoms with Crippen LogP contribution in [0.1, 0.15) is 15.9 Å². The third-order valence-electron chi connectivity index (χ3n) is 1.65. The summed E-state index contributed by atoms with van der Waals surface area (Å²) < 4.78 is 0.672. The van der Waals surface area contributed by atoms with Crippen LogP contribution in [0, 0.1) is 11.8 Å². The van der Waals surface area contributed by atoms with Crippen LogP contribution in [0.2, 0.25) is 0 Å². The van der Waals surface area contributed by atoms with Crippen molar-refractivity contribution in [2.75, 3.05) is 6.54 Å². The molecule has 6 heteroatoms. The molecule has 0 fully saturated rings. The molecule has 1 N–H and O–H groups in total. The lowest BCUT2D eigenvalue weighted by atomic mass is 10.1. The molecule has 0 aliphatic rings. The summed E-state index contributed by atoms with van der Waals surface area (Å²) >= 11 is 3.18. The lowest BCUT2D eigenvalue weighted by Gasteiger charge is -1.99. The van der Waals surface area contributed by atoms with Gasteiger partial charge in [0.15, 0.2) is 0 Å². The smallest absolute Gasteiger partial charge is 0.337 e. The molecular weight excluding hydrogens is 274 g/mol. The van der Waals surface area contributed by atoms with Gasteiger partial charge >= 0.3 is 5.97 Å². The van der Waals surface area contributed by atoms with Crippen LogP contribution in [0.15, 0.2) is 27.8 Å². The van der Waals surface area contributed by atoms with Crippen LogP contribution in [-0.4, -0.2) is 17.6 Å². The number of hydrogen-bond donors (Lipinski definition) is 1. The zero-order valence-electron chi connectivity index (χ0n) is 8.01. The molecule has 0 aliphatic carbocycles. The molecule has 0 amide bonds. The number of nitrogens with zero attached hydrogens (tertiary/aromatic N) is 3. The Bertz CT molecular complexity index is 525. The van der Waals surface area contributed by atoms with E-state index < -0.39 is 5.97 Å². The highest BCUT2D eigenvalue weighted by molar-refractivity contribution is 9.10. The van der Waals surface area contributed by atoms with E-state index in [0.717, 1.165) is 0 Å². The van der Waals surface area contributed by atoms with E-state index in [4.69, 9.17) is 10.6 Å². The van der Waals surface area contributed by atoms with Gasteiger partial charge in [-0.1, -0.05) is 32.9 Å². The highest BCUT2D eigenvalue weighted by atomic mass is 79.9. The first kappa shape index (κ1) is 12.1. The number of carboxylic acid groups (broad SMARTS) is 1. The molecule has 0 aliphatic heterocycles. The Hall–Kier alpha value is -1.96. The fraction of sp³-hybridized carbons (Fsp3) is 0.100. The number of halogens is 1. The Morgan fingerprint density at radius 3 is 3.00 bits per heavy atom.